The number of nitro benzene ring substituents is 1. The molecule has 1 aromatic carbocycles. The van der Waals surface area contributed by atoms with E-state index in [9.17, 15) is 20.2 Å². The Labute approximate surface area is 231 Å². The van der Waals surface area contributed by atoms with Crippen molar-refractivity contribution in [1.29, 1.82) is 5.26 Å². The lowest BCUT2D eigenvalue weighted by Crippen LogP contribution is -3.00. The topological polar surface area (TPSA) is 104 Å². The number of anilines is 1. The van der Waals surface area contributed by atoms with Crippen LogP contribution in [0.2, 0.25) is 0 Å². The van der Waals surface area contributed by atoms with Gasteiger partial charge in [0, 0.05) is 47.6 Å². The van der Waals surface area contributed by atoms with Gasteiger partial charge in [0.15, 0.2) is 6.20 Å². The summed E-state index contributed by atoms with van der Waals surface area (Å²) in [5, 5.41) is 22.4. The summed E-state index contributed by atoms with van der Waals surface area (Å²) in [6, 6.07) is 10.7. The summed E-state index contributed by atoms with van der Waals surface area (Å²) in [4.78, 5) is 27.2. The molecule has 0 saturated heterocycles. The molecule has 0 fully saturated rings. The monoisotopic (exact) mass is 620 g/mol. The number of aryl methyl sites for hydroxylation is 1. The number of aromatic nitrogens is 1. The summed E-state index contributed by atoms with van der Waals surface area (Å²) >= 11 is 1.46. The van der Waals surface area contributed by atoms with Crippen LogP contribution in [0.5, 0.6) is 0 Å². The molecule has 2 aromatic heterocycles. The van der Waals surface area contributed by atoms with Crippen LogP contribution in [0.4, 0.5) is 11.4 Å². The number of fused-ring (bicyclic) bond motifs is 1. The Morgan fingerprint density at radius 3 is 2.58 bits per heavy atom. The molecule has 0 atom stereocenters. The molecule has 3 rings (SSSR count). The molecule has 0 amide bonds. The first kappa shape index (κ1) is 29.3. The Morgan fingerprint density at radius 1 is 1.28 bits per heavy atom. The second-order valence-electron chi connectivity index (χ2n) is 7.97. The minimum atomic E-state index is -0.581. The van der Waals surface area contributed by atoms with Crippen LogP contribution >= 0.6 is 11.8 Å². The van der Waals surface area contributed by atoms with E-state index in [2.05, 4.69) is 13.0 Å². The van der Waals surface area contributed by atoms with Crippen molar-refractivity contribution >= 4 is 45.8 Å². The Hall–Kier alpha value is -2.91. The van der Waals surface area contributed by atoms with E-state index in [0.717, 1.165) is 18.6 Å². The number of allylic oxidation sites excluding steroid dienone is 1. The number of nitro groups is 1. The molecule has 0 saturated carbocycles. The van der Waals surface area contributed by atoms with Crippen LogP contribution in [0.15, 0.2) is 50.6 Å². The van der Waals surface area contributed by atoms with Gasteiger partial charge in [-0.25, -0.2) is 9.36 Å². The Balaban J connectivity index is 0.00000456. The van der Waals surface area contributed by atoms with E-state index in [1.807, 2.05) is 44.1 Å². The van der Waals surface area contributed by atoms with Crippen molar-refractivity contribution in [3.63, 3.8) is 0 Å². The molecule has 0 spiro atoms. The quantitative estimate of drug-likeness (QED) is 0.0501. The van der Waals surface area contributed by atoms with Gasteiger partial charge in [0.25, 0.3) is 5.69 Å². The summed E-state index contributed by atoms with van der Waals surface area (Å²) in [6.07, 6.45) is 5.22. The highest BCUT2D eigenvalue weighted by molar-refractivity contribution is 7.99. The van der Waals surface area contributed by atoms with Gasteiger partial charge in [-0.1, -0.05) is 13.3 Å². The molecular formula is C26H29IN4O4S. The Bertz CT molecular complexity index is 1380. The number of nitriles is 1. The van der Waals surface area contributed by atoms with E-state index in [0.29, 0.717) is 45.9 Å². The summed E-state index contributed by atoms with van der Waals surface area (Å²) in [7, 11) is 1.82. The minimum Gasteiger partial charge on any atom is -1.00 e. The van der Waals surface area contributed by atoms with Gasteiger partial charge in [-0.05, 0) is 38.2 Å². The molecule has 36 heavy (non-hydrogen) atoms. The van der Waals surface area contributed by atoms with Gasteiger partial charge in [-0.15, -0.1) is 11.8 Å². The van der Waals surface area contributed by atoms with Crippen LogP contribution in [0.25, 0.3) is 22.6 Å². The summed E-state index contributed by atoms with van der Waals surface area (Å²) in [6.45, 7) is 7.06. The molecule has 0 unspecified atom stereocenters. The SMILES string of the molecule is CCCCSc1c(C=C(C#N)c2cccc[n+]2C)c(=O)oc2cc(N(CC)CC)c([N+](=O)[O-])cc12.[I-]. The molecule has 0 aliphatic rings. The van der Waals surface area contributed by atoms with Crippen molar-refractivity contribution in [2.24, 2.45) is 7.05 Å². The third-order valence-corrected chi connectivity index (χ3v) is 6.99. The van der Waals surface area contributed by atoms with E-state index in [1.165, 1.54) is 23.9 Å². The van der Waals surface area contributed by atoms with Crippen LogP contribution in [-0.2, 0) is 7.05 Å². The second kappa shape index (κ2) is 13.4. The molecule has 0 aliphatic carbocycles. The number of nitrogens with zero attached hydrogens (tertiary/aromatic N) is 4. The third-order valence-electron chi connectivity index (χ3n) is 5.77. The predicted molar refractivity (Wildman–Crippen MR) is 139 cm³/mol. The van der Waals surface area contributed by atoms with E-state index >= 15 is 0 Å². The van der Waals surface area contributed by atoms with Crippen LogP contribution in [0.3, 0.4) is 0 Å². The molecule has 0 N–H and O–H groups in total. The number of pyridine rings is 1. The smallest absolute Gasteiger partial charge is 0.344 e. The van der Waals surface area contributed by atoms with Crippen LogP contribution < -0.4 is 39.1 Å². The number of hydrogen-bond donors (Lipinski definition) is 0. The number of hydrogen-bond acceptors (Lipinski definition) is 7. The average molecular weight is 621 g/mol. The first-order valence-electron chi connectivity index (χ1n) is 11.6. The molecule has 0 radical (unpaired) electrons. The normalized spacial score (nSPS) is 11.1. The summed E-state index contributed by atoms with van der Waals surface area (Å²) in [5.74, 6) is 0.725. The van der Waals surface area contributed by atoms with Crippen molar-refractivity contribution in [1.82, 2.24) is 0 Å². The standard InChI is InChI=1S/C26H29N4O4S.HI/c1-5-8-13-35-25-19-15-23(30(32)33)22(29(6-2)7-3)16-24(19)34-26(31)20(25)14-18(17-27)21-11-9-10-12-28(21)4;/h9-12,14-16H,5-8,13H2,1-4H3;1H/q+1;/p-1. The van der Waals surface area contributed by atoms with Gasteiger partial charge in [-0.3, -0.25) is 10.1 Å². The van der Waals surface area contributed by atoms with E-state index < -0.39 is 10.5 Å². The average Bonchev–Trinajstić information content (AvgIpc) is 2.84. The second-order valence-corrected chi connectivity index (χ2v) is 9.07. The zero-order valence-corrected chi connectivity index (χ0v) is 23.8. The minimum absolute atomic E-state index is 0. The molecule has 190 valence electrons. The number of thioether (sulfide) groups is 1. The molecule has 8 nitrogen and oxygen atoms in total. The number of rotatable bonds is 10. The summed E-state index contributed by atoms with van der Waals surface area (Å²) in [5.41, 5.74) is 1.25. The maximum Gasteiger partial charge on any atom is 0.344 e. The van der Waals surface area contributed by atoms with Crippen LogP contribution in [-0.4, -0.2) is 23.8 Å². The molecule has 10 heteroatoms. The number of benzene rings is 1. The van der Waals surface area contributed by atoms with Crippen molar-refractivity contribution in [3.05, 3.63) is 68.3 Å². The number of halogens is 1. The van der Waals surface area contributed by atoms with Crippen molar-refractivity contribution in [2.45, 2.75) is 38.5 Å². The largest absolute Gasteiger partial charge is 1.00 e. The van der Waals surface area contributed by atoms with Gasteiger partial charge >= 0.3 is 5.63 Å². The van der Waals surface area contributed by atoms with E-state index in [4.69, 9.17) is 4.42 Å². The van der Waals surface area contributed by atoms with Gasteiger partial charge in [-0.2, -0.15) is 5.26 Å². The molecule has 3 aromatic rings. The van der Waals surface area contributed by atoms with Crippen molar-refractivity contribution in [2.75, 3.05) is 23.7 Å². The van der Waals surface area contributed by atoms with Gasteiger partial charge < -0.3 is 33.3 Å². The predicted octanol–water partition coefficient (Wildman–Crippen LogP) is 2.33. The number of unbranched alkanes of at least 4 members (excludes halogenated alkanes) is 1. The van der Waals surface area contributed by atoms with E-state index in [-0.39, 0.29) is 35.2 Å². The Morgan fingerprint density at radius 2 is 2.00 bits per heavy atom. The zero-order chi connectivity index (χ0) is 25.5. The zero-order valence-electron chi connectivity index (χ0n) is 20.8. The highest BCUT2D eigenvalue weighted by atomic mass is 127. The molecule has 0 bridgehead atoms. The maximum atomic E-state index is 13.2. The van der Waals surface area contributed by atoms with Crippen LogP contribution in [0, 0.1) is 21.4 Å². The lowest BCUT2D eigenvalue weighted by molar-refractivity contribution is -0.673. The Kier molecular flexibility index (Phi) is 10.9. The first-order valence-corrected chi connectivity index (χ1v) is 12.6. The first-order chi connectivity index (χ1) is 16.9. The summed E-state index contributed by atoms with van der Waals surface area (Å²) < 4.78 is 7.48. The molecule has 0 aliphatic heterocycles. The highest BCUT2D eigenvalue weighted by Gasteiger charge is 2.24. The maximum absolute atomic E-state index is 13.2. The lowest BCUT2D eigenvalue weighted by atomic mass is 10.1. The van der Waals surface area contributed by atoms with Crippen LogP contribution in [0.1, 0.15) is 44.9 Å². The fourth-order valence-corrected chi connectivity index (χ4v) is 5.14. The van der Waals surface area contributed by atoms with Gasteiger partial charge in [0.2, 0.25) is 5.69 Å². The van der Waals surface area contributed by atoms with Crippen molar-refractivity contribution in [3.8, 4) is 6.07 Å². The highest BCUT2D eigenvalue weighted by Crippen LogP contribution is 2.39. The van der Waals surface area contributed by atoms with Gasteiger partial charge in [0.1, 0.15) is 30.0 Å². The fraction of sp³-hybridized carbons (Fsp3) is 0.346. The van der Waals surface area contributed by atoms with E-state index in [1.54, 1.807) is 16.7 Å². The lowest BCUT2D eigenvalue weighted by Gasteiger charge is -2.21. The molecular weight excluding hydrogens is 591 g/mol. The van der Waals surface area contributed by atoms with Gasteiger partial charge in [0.05, 0.1) is 10.5 Å². The molecule has 2 heterocycles. The third kappa shape index (κ3) is 6.25. The van der Waals surface area contributed by atoms with Crippen molar-refractivity contribution < 1.29 is 37.9 Å². The fourth-order valence-electron chi connectivity index (χ4n) is 3.89.